The molecule has 29 heavy (non-hydrogen) atoms. The molecule has 7 nitrogen and oxygen atoms in total. The van der Waals surface area contributed by atoms with Crippen molar-refractivity contribution in [3.05, 3.63) is 51.6 Å². The highest BCUT2D eigenvalue weighted by Gasteiger charge is 2.13. The van der Waals surface area contributed by atoms with Gasteiger partial charge in [-0.25, -0.2) is 4.98 Å². The third kappa shape index (κ3) is 6.21. The fourth-order valence-electron chi connectivity index (χ4n) is 2.95. The highest BCUT2D eigenvalue weighted by molar-refractivity contribution is 6.35. The largest absolute Gasteiger partial charge is 0.485 e. The fraction of sp³-hybridized carbons (Fsp3) is 0.400. The van der Waals surface area contributed by atoms with Crippen LogP contribution < -0.4 is 15.8 Å². The molecule has 0 unspecified atom stereocenters. The molecule has 1 saturated heterocycles. The highest BCUT2D eigenvalue weighted by atomic mass is 35.5. The molecule has 0 aliphatic carbocycles. The van der Waals surface area contributed by atoms with Gasteiger partial charge in [-0.15, -0.1) is 0 Å². The predicted octanol–water partition coefficient (Wildman–Crippen LogP) is 3.00. The topological polar surface area (TPSA) is 89.7 Å². The van der Waals surface area contributed by atoms with Gasteiger partial charge in [-0.3, -0.25) is 9.69 Å². The van der Waals surface area contributed by atoms with E-state index in [2.05, 4.69) is 15.2 Å². The van der Waals surface area contributed by atoms with Crippen molar-refractivity contribution in [1.82, 2.24) is 15.2 Å². The smallest absolute Gasteiger partial charge is 0.252 e. The lowest BCUT2D eigenvalue weighted by atomic mass is 10.2. The summed E-state index contributed by atoms with van der Waals surface area (Å²) in [6.07, 6.45) is 2.30. The molecule has 9 heteroatoms. The number of carbonyl (C=O) groups is 1. The van der Waals surface area contributed by atoms with Crippen molar-refractivity contribution in [2.75, 3.05) is 45.1 Å². The minimum absolute atomic E-state index is 0.120. The van der Waals surface area contributed by atoms with Crippen LogP contribution in [0.15, 0.2) is 30.5 Å². The molecule has 0 saturated carbocycles. The molecule has 1 amide bonds. The van der Waals surface area contributed by atoms with E-state index in [9.17, 15) is 4.79 Å². The number of benzene rings is 1. The van der Waals surface area contributed by atoms with Crippen LogP contribution in [0.2, 0.25) is 10.0 Å². The highest BCUT2D eigenvalue weighted by Crippen LogP contribution is 2.27. The summed E-state index contributed by atoms with van der Waals surface area (Å²) in [5.74, 6) is 0.277. The monoisotopic (exact) mass is 438 g/mol. The quantitative estimate of drug-likeness (QED) is 0.615. The number of nitrogen functional groups attached to an aromatic ring is 1. The first-order valence-electron chi connectivity index (χ1n) is 9.44. The number of nitrogens with zero attached hydrogens (tertiary/aromatic N) is 2. The van der Waals surface area contributed by atoms with Gasteiger partial charge in [-0.1, -0.05) is 29.3 Å². The Morgan fingerprint density at radius 3 is 2.72 bits per heavy atom. The van der Waals surface area contributed by atoms with Gasteiger partial charge in [0.2, 0.25) is 0 Å². The van der Waals surface area contributed by atoms with Crippen LogP contribution in [0.5, 0.6) is 5.75 Å². The molecule has 156 valence electrons. The van der Waals surface area contributed by atoms with Crippen LogP contribution in [-0.2, 0) is 11.3 Å². The molecule has 0 atom stereocenters. The summed E-state index contributed by atoms with van der Waals surface area (Å²) < 4.78 is 11.1. The summed E-state index contributed by atoms with van der Waals surface area (Å²) >= 11 is 12.3. The molecule has 1 aliphatic heterocycles. The van der Waals surface area contributed by atoms with Crippen LogP contribution in [0.4, 0.5) is 5.82 Å². The van der Waals surface area contributed by atoms with E-state index >= 15 is 0 Å². The molecule has 1 aromatic carbocycles. The average molecular weight is 439 g/mol. The van der Waals surface area contributed by atoms with Gasteiger partial charge in [0, 0.05) is 41.4 Å². The van der Waals surface area contributed by atoms with E-state index in [1.807, 2.05) is 0 Å². The SMILES string of the molecule is Nc1ncc(C(=O)NCCCN2CCOCC2)cc1OCc1c(Cl)cccc1Cl. The van der Waals surface area contributed by atoms with Crippen LogP contribution in [0.3, 0.4) is 0 Å². The van der Waals surface area contributed by atoms with Crippen LogP contribution >= 0.6 is 23.2 Å². The number of nitrogens with two attached hydrogens (primary N) is 1. The molecule has 2 aromatic rings. The van der Waals surface area contributed by atoms with E-state index in [0.717, 1.165) is 39.3 Å². The Balaban J connectivity index is 1.53. The fourth-order valence-corrected chi connectivity index (χ4v) is 3.45. The average Bonchev–Trinajstić information content (AvgIpc) is 2.72. The number of ether oxygens (including phenoxy) is 2. The first-order chi connectivity index (χ1) is 14.0. The van der Waals surface area contributed by atoms with Crippen LogP contribution in [0.1, 0.15) is 22.3 Å². The minimum Gasteiger partial charge on any atom is -0.485 e. The molecule has 3 N–H and O–H groups in total. The molecule has 1 aliphatic rings. The summed E-state index contributed by atoms with van der Waals surface area (Å²) in [4.78, 5) is 18.8. The second kappa shape index (κ2) is 10.6. The van der Waals surface area contributed by atoms with Crippen molar-refractivity contribution in [2.45, 2.75) is 13.0 Å². The minimum atomic E-state index is -0.222. The van der Waals surface area contributed by atoms with E-state index in [0.29, 0.717) is 33.5 Å². The van der Waals surface area contributed by atoms with Crippen molar-refractivity contribution in [3.63, 3.8) is 0 Å². The number of halogens is 2. The molecular weight excluding hydrogens is 415 g/mol. The second-order valence-electron chi connectivity index (χ2n) is 6.66. The van der Waals surface area contributed by atoms with Gasteiger partial charge in [0.05, 0.1) is 18.8 Å². The van der Waals surface area contributed by atoms with Crippen molar-refractivity contribution in [2.24, 2.45) is 0 Å². The number of anilines is 1. The van der Waals surface area contributed by atoms with Gasteiger partial charge in [0.25, 0.3) is 5.91 Å². The molecule has 3 rings (SSSR count). The van der Waals surface area contributed by atoms with E-state index < -0.39 is 0 Å². The summed E-state index contributed by atoms with van der Waals surface area (Å²) in [6, 6.07) is 6.79. The third-order valence-corrected chi connectivity index (χ3v) is 5.33. The van der Waals surface area contributed by atoms with E-state index in [-0.39, 0.29) is 18.3 Å². The number of carbonyl (C=O) groups excluding carboxylic acids is 1. The van der Waals surface area contributed by atoms with Gasteiger partial charge in [0.15, 0.2) is 11.6 Å². The Labute approximate surface area is 180 Å². The Morgan fingerprint density at radius 1 is 1.28 bits per heavy atom. The zero-order valence-electron chi connectivity index (χ0n) is 16.0. The van der Waals surface area contributed by atoms with Gasteiger partial charge >= 0.3 is 0 Å². The van der Waals surface area contributed by atoms with E-state index in [1.165, 1.54) is 6.20 Å². The zero-order valence-corrected chi connectivity index (χ0v) is 17.5. The number of aromatic nitrogens is 1. The molecule has 0 bridgehead atoms. The third-order valence-electron chi connectivity index (χ3n) is 4.62. The van der Waals surface area contributed by atoms with Crippen molar-refractivity contribution < 1.29 is 14.3 Å². The van der Waals surface area contributed by atoms with E-state index in [1.54, 1.807) is 24.3 Å². The van der Waals surface area contributed by atoms with E-state index in [4.69, 9.17) is 38.4 Å². The normalized spacial score (nSPS) is 14.6. The number of pyridine rings is 1. The summed E-state index contributed by atoms with van der Waals surface area (Å²) in [5.41, 5.74) is 6.91. The molecular formula is C20H24Cl2N4O3. The van der Waals surface area contributed by atoms with Gasteiger partial charge in [0.1, 0.15) is 6.61 Å². The zero-order chi connectivity index (χ0) is 20.6. The predicted molar refractivity (Wildman–Crippen MR) is 114 cm³/mol. The number of hydrogen-bond donors (Lipinski definition) is 2. The molecule has 0 radical (unpaired) electrons. The first kappa shape index (κ1) is 21.6. The lowest BCUT2D eigenvalue weighted by Crippen LogP contribution is -2.38. The van der Waals surface area contributed by atoms with Gasteiger partial charge in [-0.2, -0.15) is 0 Å². The van der Waals surface area contributed by atoms with Crippen molar-refractivity contribution >= 4 is 34.9 Å². The lowest BCUT2D eigenvalue weighted by molar-refractivity contribution is 0.0374. The number of amides is 1. The maximum absolute atomic E-state index is 12.4. The molecule has 1 aromatic heterocycles. The summed E-state index contributed by atoms with van der Waals surface area (Å²) in [6.45, 7) is 5.03. The molecule has 1 fully saturated rings. The second-order valence-corrected chi connectivity index (χ2v) is 7.47. The number of nitrogens with one attached hydrogen (secondary N) is 1. The van der Waals surface area contributed by atoms with Crippen molar-refractivity contribution in [1.29, 1.82) is 0 Å². The van der Waals surface area contributed by atoms with Crippen LogP contribution in [-0.4, -0.2) is 55.2 Å². The number of rotatable bonds is 8. The first-order valence-corrected chi connectivity index (χ1v) is 10.2. The summed E-state index contributed by atoms with van der Waals surface area (Å²) in [5, 5.41) is 3.90. The Kier molecular flexibility index (Phi) is 7.94. The van der Waals surface area contributed by atoms with Gasteiger partial charge in [-0.05, 0) is 31.2 Å². The molecule has 0 spiro atoms. The van der Waals surface area contributed by atoms with Crippen LogP contribution in [0.25, 0.3) is 0 Å². The van der Waals surface area contributed by atoms with Crippen LogP contribution in [0, 0.1) is 0 Å². The lowest BCUT2D eigenvalue weighted by Gasteiger charge is -2.26. The number of hydrogen-bond acceptors (Lipinski definition) is 6. The Morgan fingerprint density at radius 2 is 2.00 bits per heavy atom. The standard InChI is InChI=1S/C20H24Cl2N4O3/c21-16-3-1-4-17(22)15(16)13-29-18-11-14(12-25-19(18)23)20(27)24-5-2-6-26-7-9-28-10-8-26/h1,3-4,11-12H,2,5-10,13H2,(H2,23,25)(H,24,27). The number of morpholine rings is 1. The maximum Gasteiger partial charge on any atom is 0.252 e. The Hall–Kier alpha value is -2.06. The van der Waals surface area contributed by atoms with Crippen molar-refractivity contribution in [3.8, 4) is 5.75 Å². The summed E-state index contributed by atoms with van der Waals surface area (Å²) in [7, 11) is 0. The van der Waals surface area contributed by atoms with Gasteiger partial charge < -0.3 is 20.5 Å². The maximum atomic E-state index is 12.4. The Bertz CT molecular complexity index is 824. The molecule has 2 heterocycles.